The third kappa shape index (κ3) is 4.61. The van der Waals surface area contributed by atoms with Crippen LogP contribution in [0.2, 0.25) is 0 Å². The topological polar surface area (TPSA) is 53.4 Å². The number of carbonyl (C=O) groups excluding carboxylic acids is 1. The Morgan fingerprint density at radius 2 is 2.12 bits per heavy atom. The monoisotopic (exact) mass is 347 g/mol. The smallest absolute Gasteiger partial charge is 0.237 e. The van der Waals surface area contributed by atoms with Crippen LogP contribution in [0.3, 0.4) is 0 Å². The molecular weight excluding hydrogens is 314 g/mol. The zero-order valence-corrected chi connectivity index (χ0v) is 15.8. The van der Waals surface area contributed by atoms with Crippen LogP contribution in [0.5, 0.6) is 0 Å². The van der Waals surface area contributed by atoms with Crippen LogP contribution >= 0.6 is 0 Å². The molecule has 2 saturated heterocycles. The van der Waals surface area contributed by atoms with Crippen molar-refractivity contribution in [2.24, 2.45) is 5.41 Å². The Hall–Kier alpha value is -1.40. The molecule has 0 bridgehead atoms. The van der Waals surface area contributed by atoms with E-state index in [9.17, 15) is 4.79 Å². The predicted octanol–water partition coefficient (Wildman–Crippen LogP) is 1.59. The fraction of sp³-hybridized carbons (Fsp3) is 0.789. The quantitative estimate of drug-likeness (QED) is 0.761. The van der Waals surface area contributed by atoms with Gasteiger partial charge in [0.05, 0.1) is 6.04 Å². The highest BCUT2D eigenvalue weighted by Gasteiger charge is 2.47. The summed E-state index contributed by atoms with van der Waals surface area (Å²) >= 11 is 0. The van der Waals surface area contributed by atoms with Crippen molar-refractivity contribution in [3.05, 3.63) is 18.5 Å². The van der Waals surface area contributed by atoms with Crippen molar-refractivity contribution < 1.29 is 4.79 Å². The predicted molar refractivity (Wildman–Crippen MR) is 99.3 cm³/mol. The van der Waals surface area contributed by atoms with Gasteiger partial charge in [0.1, 0.15) is 0 Å². The molecule has 2 aliphatic rings. The third-order valence-corrected chi connectivity index (χ3v) is 5.89. The Labute approximate surface area is 151 Å². The first-order valence-corrected chi connectivity index (χ1v) is 9.80. The third-order valence-electron chi connectivity index (χ3n) is 5.89. The SMILES string of the molecule is CCCN1CC2(CCN(C)CC2)CC1C(=O)NCCCn1cccn1. The van der Waals surface area contributed by atoms with Gasteiger partial charge in [-0.25, -0.2) is 0 Å². The van der Waals surface area contributed by atoms with Crippen molar-refractivity contribution >= 4 is 5.91 Å². The van der Waals surface area contributed by atoms with Gasteiger partial charge in [-0.1, -0.05) is 6.92 Å². The van der Waals surface area contributed by atoms with Crippen LogP contribution < -0.4 is 5.32 Å². The fourth-order valence-electron chi connectivity index (χ4n) is 4.38. The molecule has 0 aliphatic carbocycles. The zero-order chi connectivity index (χ0) is 17.7. The molecule has 1 unspecified atom stereocenters. The lowest BCUT2D eigenvalue weighted by Crippen LogP contribution is -2.43. The van der Waals surface area contributed by atoms with E-state index in [2.05, 4.69) is 34.2 Å². The van der Waals surface area contributed by atoms with Gasteiger partial charge >= 0.3 is 0 Å². The number of hydrogen-bond donors (Lipinski definition) is 1. The molecule has 0 aromatic carbocycles. The van der Waals surface area contributed by atoms with Crippen LogP contribution in [0, 0.1) is 5.41 Å². The summed E-state index contributed by atoms with van der Waals surface area (Å²) in [5.74, 6) is 0.227. The minimum absolute atomic E-state index is 0.0630. The lowest BCUT2D eigenvalue weighted by atomic mass is 9.76. The van der Waals surface area contributed by atoms with E-state index in [1.807, 2.05) is 16.9 Å². The number of aryl methyl sites for hydroxylation is 1. The van der Waals surface area contributed by atoms with Crippen LogP contribution in [0.25, 0.3) is 0 Å². The Kier molecular flexibility index (Phi) is 6.12. The maximum absolute atomic E-state index is 12.8. The molecular formula is C19H33N5O. The van der Waals surface area contributed by atoms with Crippen molar-refractivity contribution in [2.45, 2.75) is 51.6 Å². The Morgan fingerprint density at radius 3 is 2.80 bits per heavy atom. The van der Waals surface area contributed by atoms with Gasteiger partial charge in [-0.05, 0) is 70.3 Å². The number of aromatic nitrogens is 2. The molecule has 0 radical (unpaired) electrons. The first-order valence-electron chi connectivity index (χ1n) is 9.80. The fourth-order valence-corrected chi connectivity index (χ4v) is 4.38. The first kappa shape index (κ1) is 18.4. The molecule has 3 rings (SSSR count). The van der Waals surface area contributed by atoms with E-state index in [-0.39, 0.29) is 11.9 Å². The number of hydrogen-bond acceptors (Lipinski definition) is 4. The average molecular weight is 348 g/mol. The second kappa shape index (κ2) is 8.32. The highest BCUT2D eigenvalue weighted by Crippen LogP contribution is 2.43. The molecule has 1 spiro atoms. The number of piperidine rings is 1. The number of amides is 1. The summed E-state index contributed by atoms with van der Waals surface area (Å²) < 4.78 is 1.92. The minimum Gasteiger partial charge on any atom is -0.355 e. The Balaban J connectivity index is 1.50. The molecule has 1 atom stereocenters. The molecule has 2 fully saturated rings. The number of likely N-dealkylation sites (tertiary alicyclic amines) is 2. The summed E-state index contributed by atoms with van der Waals surface area (Å²) in [6.07, 6.45) is 9.28. The highest BCUT2D eigenvalue weighted by molar-refractivity contribution is 5.82. The normalized spacial score (nSPS) is 24.0. The van der Waals surface area contributed by atoms with E-state index in [0.717, 1.165) is 58.5 Å². The summed E-state index contributed by atoms with van der Waals surface area (Å²) in [6.45, 7) is 8.25. The van der Waals surface area contributed by atoms with E-state index in [1.165, 1.54) is 12.8 Å². The molecule has 2 aliphatic heterocycles. The van der Waals surface area contributed by atoms with Crippen molar-refractivity contribution in [1.29, 1.82) is 0 Å². The average Bonchev–Trinajstić information content (AvgIpc) is 3.23. The van der Waals surface area contributed by atoms with Gasteiger partial charge in [-0.2, -0.15) is 5.10 Å². The molecule has 6 nitrogen and oxygen atoms in total. The zero-order valence-electron chi connectivity index (χ0n) is 15.8. The number of nitrogens with zero attached hydrogens (tertiary/aromatic N) is 4. The maximum Gasteiger partial charge on any atom is 0.237 e. The summed E-state index contributed by atoms with van der Waals surface area (Å²) in [4.78, 5) is 17.7. The highest BCUT2D eigenvalue weighted by atomic mass is 16.2. The number of nitrogens with one attached hydrogen (secondary N) is 1. The van der Waals surface area contributed by atoms with Crippen LogP contribution in [-0.4, -0.2) is 71.3 Å². The lowest BCUT2D eigenvalue weighted by Gasteiger charge is -2.37. The molecule has 3 heterocycles. The molecule has 0 saturated carbocycles. The molecule has 6 heteroatoms. The molecule has 140 valence electrons. The Bertz CT molecular complexity index is 536. The van der Waals surface area contributed by atoms with E-state index in [0.29, 0.717) is 5.41 Å². The van der Waals surface area contributed by atoms with Crippen LogP contribution in [0.15, 0.2) is 18.5 Å². The number of carbonyl (C=O) groups is 1. The van der Waals surface area contributed by atoms with Gasteiger partial charge in [0.25, 0.3) is 0 Å². The second-order valence-corrected chi connectivity index (χ2v) is 7.91. The van der Waals surface area contributed by atoms with Gasteiger partial charge in [0.2, 0.25) is 5.91 Å². The summed E-state index contributed by atoms with van der Waals surface area (Å²) in [5.41, 5.74) is 0.360. The Morgan fingerprint density at radius 1 is 1.32 bits per heavy atom. The minimum atomic E-state index is 0.0630. The van der Waals surface area contributed by atoms with E-state index in [4.69, 9.17) is 0 Å². The second-order valence-electron chi connectivity index (χ2n) is 7.91. The van der Waals surface area contributed by atoms with Gasteiger partial charge in [-0.3, -0.25) is 14.4 Å². The lowest BCUT2D eigenvalue weighted by molar-refractivity contribution is -0.125. The van der Waals surface area contributed by atoms with Crippen molar-refractivity contribution in [1.82, 2.24) is 24.9 Å². The van der Waals surface area contributed by atoms with E-state index >= 15 is 0 Å². The standard InChI is InChI=1S/C19H33N5O/c1-3-10-23-16-19(6-13-22(2)14-7-19)15-17(23)18(25)20-8-4-11-24-12-5-9-21-24/h5,9,12,17H,3-4,6-8,10-11,13-16H2,1-2H3,(H,20,25). The van der Waals surface area contributed by atoms with Crippen molar-refractivity contribution in [3.63, 3.8) is 0 Å². The molecule has 1 N–H and O–H groups in total. The molecule has 25 heavy (non-hydrogen) atoms. The molecule has 1 aromatic heterocycles. The molecule has 1 aromatic rings. The van der Waals surface area contributed by atoms with Gasteiger partial charge in [-0.15, -0.1) is 0 Å². The first-order chi connectivity index (χ1) is 12.1. The summed E-state index contributed by atoms with van der Waals surface area (Å²) in [5, 5.41) is 7.38. The van der Waals surface area contributed by atoms with Gasteiger partial charge < -0.3 is 10.2 Å². The number of rotatable bonds is 7. The van der Waals surface area contributed by atoms with E-state index < -0.39 is 0 Å². The molecule has 1 amide bonds. The van der Waals surface area contributed by atoms with E-state index in [1.54, 1.807) is 6.20 Å². The summed E-state index contributed by atoms with van der Waals surface area (Å²) in [6, 6.07) is 1.99. The van der Waals surface area contributed by atoms with Crippen molar-refractivity contribution in [2.75, 3.05) is 39.8 Å². The maximum atomic E-state index is 12.8. The van der Waals surface area contributed by atoms with Crippen LogP contribution in [-0.2, 0) is 11.3 Å². The largest absolute Gasteiger partial charge is 0.355 e. The van der Waals surface area contributed by atoms with Crippen LogP contribution in [0.1, 0.15) is 39.0 Å². The van der Waals surface area contributed by atoms with Gasteiger partial charge in [0, 0.05) is 32.0 Å². The van der Waals surface area contributed by atoms with Crippen molar-refractivity contribution in [3.8, 4) is 0 Å². The van der Waals surface area contributed by atoms with Gasteiger partial charge in [0.15, 0.2) is 0 Å². The summed E-state index contributed by atoms with van der Waals surface area (Å²) in [7, 11) is 2.20. The van der Waals surface area contributed by atoms with Crippen LogP contribution in [0.4, 0.5) is 0 Å².